The van der Waals surface area contributed by atoms with Crippen molar-refractivity contribution in [3.63, 3.8) is 0 Å². The normalized spacial score (nSPS) is 14.6. The summed E-state index contributed by atoms with van der Waals surface area (Å²) in [5.74, 6) is -4.28. The summed E-state index contributed by atoms with van der Waals surface area (Å²) in [5, 5.41) is 28.4. The number of hydrogen-bond acceptors (Lipinski definition) is 8. The van der Waals surface area contributed by atoms with E-state index in [4.69, 9.17) is 0 Å². The molecule has 0 aliphatic carbocycles. The number of carbonyl (C=O) groups is 2. The number of halogens is 2. The van der Waals surface area contributed by atoms with Crippen molar-refractivity contribution in [3.8, 4) is 0 Å². The number of aliphatic hydroxyl groups excluding tert-OH is 2. The summed E-state index contributed by atoms with van der Waals surface area (Å²) < 4.78 is 52.2. The Morgan fingerprint density at radius 1 is 1.05 bits per heavy atom. The number of benzene rings is 2. The van der Waals surface area contributed by atoms with E-state index in [0.29, 0.717) is 6.07 Å². The highest BCUT2D eigenvalue weighted by Gasteiger charge is 2.35. The van der Waals surface area contributed by atoms with Gasteiger partial charge in [-0.2, -0.15) is 0 Å². The van der Waals surface area contributed by atoms with Crippen LogP contribution in [0, 0.1) is 17.6 Å². The number of nitrogens with one attached hydrogen (secondary N) is 2. The van der Waals surface area contributed by atoms with Crippen LogP contribution >= 0.6 is 11.3 Å². The maximum Gasteiger partial charge on any atom is 0.271 e. The van der Waals surface area contributed by atoms with Crippen LogP contribution in [0.15, 0.2) is 53.9 Å². The minimum Gasteiger partial charge on any atom is -0.390 e. The third kappa shape index (κ3) is 8.27. The molecule has 2 aromatic carbocycles. The smallest absolute Gasteiger partial charge is 0.271 e. The molecule has 1 aromatic heterocycles. The van der Waals surface area contributed by atoms with Crippen LogP contribution in [-0.4, -0.2) is 67.0 Å². The van der Waals surface area contributed by atoms with Gasteiger partial charge in [-0.3, -0.25) is 9.59 Å². The highest BCUT2D eigenvalue weighted by molar-refractivity contribution is 7.92. The molecule has 0 saturated heterocycles. The van der Waals surface area contributed by atoms with Crippen LogP contribution in [0.4, 0.5) is 13.9 Å². The second-order valence-electron chi connectivity index (χ2n) is 9.28. The Hall–Kier alpha value is -3.46. The molecule has 0 saturated carbocycles. The largest absolute Gasteiger partial charge is 0.390 e. The number of aliphatic hydroxyl groups is 2. The maximum atomic E-state index is 13.8. The van der Waals surface area contributed by atoms with Crippen LogP contribution < -0.4 is 14.9 Å². The molecule has 0 aliphatic rings. The molecule has 10 nitrogen and oxygen atoms in total. The number of rotatable bonds is 12. The summed E-state index contributed by atoms with van der Waals surface area (Å²) in [7, 11) is -2.37. The molecule has 0 aliphatic heterocycles. The third-order valence-corrected chi connectivity index (χ3v) is 8.38. The first-order valence-electron chi connectivity index (χ1n) is 12.1. The molecule has 216 valence electrons. The lowest BCUT2D eigenvalue weighted by Crippen LogP contribution is -2.53. The molecular weight excluding hydrogens is 566 g/mol. The second-order valence-corrected chi connectivity index (χ2v) is 12.1. The van der Waals surface area contributed by atoms with Gasteiger partial charge in [0.2, 0.25) is 15.9 Å². The number of anilines is 1. The number of sulfonamides is 1. The van der Waals surface area contributed by atoms with Crippen LogP contribution in [0.5, 0.6) is 0 Å². The quantitative estimate of drug-likeness (QED) is 0.249. The van der Waals surface area contributed by atoms with Crippen molar-refractivity contribution in [3.05, 3.63) is 82.4 Å². The summed E-state index contributed by atoms with van der Waals surface area (Å²) in [6.07, 6.45) is -2.76. The van der Waals surface area contributed by atoms with Gasteiger partial charge in [-0.1, -0.05) is 37.3 Å². The van der Waals surface area contributed by atoms with Gasteiger partial charge in [-0.15, -0.1) is 11.3 Å². The Balaban J connectivity index is 1.79. The standard InChI is InChI=1S/C26H30F2N4O6S2/c1-15(24(35)29-13-16-7-5-4-6-8-16)22(33)23(34)20(11-17-9-18(27)12-19(28)10-17)30-25(36)21-14-39-26(31-21)32(2)40(3,37)38/h4-10,12,14-15,20,22-23,33-34H,11,13H2,1-3H3,(H,29,35)(H,30,36)/t15-,20+,22-,23-/m1/s1. The molecule has 3 aromatic rings. The van der Waals surface area contributed by atoms with Crippen molar-refractivity contribution in [2.24, 2.45) is 5.92 Å². The van der Waals surface area contributed by atoms with Crippen molar-refractivity contribution >= 4 is 38.3 Å². The van der Waals surface area contributed by atoms with Gasteiger partial charge in [-0.05, 0) is 29.7 Å². The van der Waals surface area contributed by atoms with Gasteiger partial charge < -0.3 is 20.8 Å². The van der Waals surface area contributed by atoms with E-state index < -0.39 is 57.6 Å². The molecule has 0 bridgehead atoms. The summed E-state index contributed by atoms with van der Waals surface area (Å²) >= 11 is 0.886. The van der Waals surface area contributed by atoms with E-state index in [1.807, 2.05) is 6.07 Å². The van der Waals surface area contributed by atoms with Crippen molar-refractivity contribution in [2.45, 2.75) is 38.1 Å². The van der Waals surface area contributed by atoms with Crippen molar-refractivity contribution in [1.82, 2.24) is 15.6 Å². The van der Waals surface area contributed by atoms with Crippen LogP contribution in [0.1, 0.15) is 28.5 Å². The second kappa shape index (κ2) is 13.3. The Labute approximate surface area is 234 Å². The van der Waals surface area contributed by atoms with Crippen LogP contribution in [0.25, 0.3) is 0 Å². The fraction of sp³-hybridized carbons (Fsp3) is 0.346. The fourth-order valence-electron chi connectivity index (χ4n) is 3.77. The number of amides is 2. The van der Waals surface area contributed by atoms with E-state index in [2.05, 4.69) is 15.6 Å². The summed E-state index contributed by atoms with van der Waals surface area (Å²) in [5.41, 5.74) is 0.716. The Bertz CT molecular complexity index is 1420. The maximum absolute atomic E-state index is 13.8. The van der Waals surface area contributed by atoms with Crippen molar-refractivity contribution in [1.29, 1.82) is 0 Å². The van der Waals surface area contributed by atoms with E-state index in [9.17, 15) is 37.0 Å². The summed E-state index contributed by atoms with van der Waals surface area (Å²) in [6, 6.07) is 10.4. The zero-order chi connectivity index (χ0) is 29.6. The minimum atomic E-state index is -3.64. The number of carbonyl (C=O) groups excluding carboxylic acids is 2. The number of aromatic nitrogens is 1. The van der Waals surface area contributed by atoms with Crippen LogP contribution in [0.3, 0.4) is 0 Å². The zero-order valence-electron chi connectivity index (χ0n) is 21.9. The molecule has 0 radical (unpaired) electrons. The molecule has 0 spiro atoms. The predicted octanol–water partition coefficient (Wildman–Crippen LogP) is 1.83. The number of nitrogens with zero attached hydrogens (tertiary/aromatic N) is 2. The van der Waals surface area contributed by atoms with Crippen LogP contribution in [0.2, 0.25) is 0 Å². The van der Waals surface area contributed by atoms with Crippen LogP contribution in [-0.2, 0) is 27.8 Å². The Kier molecular flexibility index (Phi) is 10.3. The molecule has 40 heavy (non-hydrogen) atoms. The van der Waals surface area contributed by atoms with Gasteiger partial charge >= 0.3 is 0 Å². The topological polar surface area (TPSA) is 149 Å². The molecule has 3 rings (SSSR count). The SMILES string of the molecule is C[C@@H](C(=O)NCc1ccccc1)[C@@H](O)[C@H](O)[C@H](Cc1cc(F)cc(F)c1)NC(=O)c1csc(N(C)S(C)(=O)=O)n1. The van der Waals surface area contributed by atoms with Gasteiger partial charge in [0.15, 0.2) is 5.13 Å². The van der Waals surface area contributed by atoms with E-state index in [-0.39, 0.29) is 29.4 Å². The average Bonchev–Trinajstić information content (AvgIpc) is 3.39. The Morgan fingerprint density at radius 2 is 1.68 bits per heavy atom. The van der Waals surface area contributed by atoms with Gasteiger partial charge in [0, 0.05) is 25.0 Å². The first-order chi connectivity index (χ1) is 18.8. The number of thiazole rings is 1. The molecule has 1 heterocycles. The van der Waals surface area contributed by atoms with E-state index in [0.717, 1.165) is 39.6 Å². The highest BCUT2D eigenvalue weighted by Crippen LogP contribution is 2.22. The monoisotopic (exact) mass is 596 g/mol. The lowest BCUT2D eigenvalue weighted by atomic mass is 9.90. The van der Waals surface area contributed by atoms with E-state index in [1.54, 1.807) is 24.3 Å². The first-order valence-corrected chi connectivity index (χ1v) is 14.8. The predicted molar refractivity (Wildman–Crippen MR) is 146 cm³/mol. The van der Waals surface area contributed by atoms with Crippen molar-refractivity contribution < 1.29 is 37.0 Å². The van der Waals surface area contributed by atoms with Crippen molar-refractivity contribution in [2.75, 3.05) is 17.6 Å². The molecule has 0 fully saturated rings. The lowest BCUT2D eigenvalue weighted by Gasteiger charge is -2.30. The molecule has 4 N–H and O–H groups in total. The molecule has 2 amide bonds. The molecule has 4 atom stereocenters. The molecule has 14 heteroatoms. The fourth-order valence-corrected chi connectivity index (χ4v) is 5.31. The van der Waals surface area contributed by atoms with Gasteiger partial charge in [0.25, 0.3) is 5.91 Å². The molecular formula is C26H30F2N4O6S2. The molecule has 0 unspecified atom stereocenters. The lowest BCUT2D eigenvalue weighted by molar-refractivity contribution is -0.131. The zero-order valence-corrected chi connectivity index (χ0v) is 23.5. The van der Waals surface area contributed by atoms with Gasteiger partial charge in [0.1, 0.15) is 23.4 Å². The summed E-state index contributed by atoms with van der Waals surface area (Å²) in [6.45, 7) is 1.58. The highest BCUT2D eigenvalue weighted by atomic mass is 32.2. The van der Waals surface area contributed by atoms with E-state index in [1.165, 1.54) is 19.4 Å². The average molecular weight is 597 g/mol. The minimum absolute atomic E-state index is 0.0145. The van der Waals surface area contributed by atoms with Gasteiger partial charge in [-0.25, -0.2) is 26.5 Å². The first kappa shape index (κ1) is 31.1. The Morgan fingerprint density at radius 3 is 2.27 bits per heavy atom. The number of hydrogen-bond donors (Lipinski definition) is 4. The summed E-state index contributed by atoms with van der Waals surface area (Å²) in [4.78, 5) is 29.7. The third-order valence-electron chi connectivity index (χ3n) is 6.18. The van der Waals surface area contributed by atoms with Gasteiger partial charge in [0.05, 0.1) is 24.3 Å². The van der Waals surface area contributed by atoms with E-state index >= 15 is 0 Å².